The Hall–Kier alpha value is -2.36. The molecule has 0 N–H and O–H groups in total. The first kappa shape index (κ1) is 19.6. The number of thiophene rings is 1. The maximum atomic E-state index is 13.4. The minimum Gasteiger partial charge on any atom is -0.378 e. The highest BCUT2D eigenvalue weighted by Crippen LogP contribution is 2.40. The topological polar surface area (TPSA) is 75.6 Å². The van der Waals surface area contributed by atoms with Crippen molar-refractivity contribution in [2.75, 3.05) is 39.4 Å². The summed E-state index contributed by atoms with van der Waals surface area (Å²) >= 11 is 2.86. The first-order valence-corrected chi connectivity index (χ1v) is 11.8. The number of aromatic nitrogens is 2. The molecule has 2 fully saturated rings. The van der Waals surface area contributed by atoms with Crippen LogP contribution in [0.4, 0.5) is 0 Å². The van der Waals surface area contributed by atoms with Gasteiger partial charge in [0.15, 0.2) is 0 Å². The number of likely N-dealkylation sites (tertiary alicyclic amines) is 1. The lowest BCUT2D eigenvalue weighted by atomic mass is 9.95. The highest BCUT2D eigenvalue weighted by Gasteiger charge is 2.35. The highest BCUT2D eigenvalue weighted by atomic mass is 32.1. The third-order valence-electron chi connectivity index (χ3n) is 5.82. The summed E-state index contributed by atoms with van der Waals surface area (Å²) in [6.07, 6.45) is 2.61. The summed E-state index contributed by atoms with van der Waals surface area (Å²) in [5.74, 6) is 0.218. The SMILES string of the molecule is Cc1ncsc1C(=O)N1CC[C@@H](c2c(C(=O)N3CCOCC3)sc3ncccc23)C1. The van der Waals surface area contributed by atoms with E-state index in [2.05, 4.69) is 9.97 Å². The predicted octanol–water partition coefficient (Wildman–Crippen LogP) is 3.16. The summed E-state index contributed by atoms with van der Waals surface area (Å²) in [6.45, 7) is 5.53. The second-order valence-corrected chi connectivity index (χ2v) is 9.46. The van der Waals surface area contributed by atoms with Crippen molar-refractivity contribution >= 4 is 44.7 Å². The largest absolute Gasteiger partial charge is 0.378 e. The number of morpholine rings is 1. The van der Waals surface area contributed by atoms with Gasteiger partial charge in [0.1, 0.15) is 9.71 Å². The van der Waals surface area contributed by atoms with Gasteiger partial charge in [-0.2, -0.15) is 0 Å². The number of hydrogen-bond donors (Lipinski definition) is 0. The van der Waals surface area contributed by atoms with Gasteiger partial charge in [0.2, 0.25) is 0 Å². The molecule has 7 nitrogen and oxygen atoms in total. The fourth-order valence-electron chi connectivity index (χ4n) is 4.26. The van der Waals surface area contributed by atoms with E-state index in [9.17, 15) is 9.59 Å². The van der Waals surface area contributed by atoms with Crippen molar-refractivity contribution in [3.05, 3.63) is 44.9 Å². The summed E-state index contributed by atoms with van der Waals surface area (Å²) in [5.41, 5.74) is 3.55. The van der Waals surface area contributed by atoms with Crippen LogP contribution in [0.5, 0.6) is 0 Å². The number of rotatable bonds is 3. The Morgan fingerprint density at radius 3 is 2.67 bits per heavy atom. The lowest BCUT2D eigenvalue weighted by Crippen LogP contribution is -2.40. The van der Waals surface area contributed by atoms with E-state index in [4.69, 9.17) is 4.74 Å². The number of nitrogens with zero attached hydrogens (tertiary/aromatic N) is 4. The fraction of sp³-hybridized carbons (Fsp3) is 0.429. The fourth-order valence-corrected chi connectivity index (χ4v) is 6.22. The van der Waals surface area contributed by atoms with Gasteiger partial charge in [-0.05, 0) is 25.0 Å². The minimum atomic E-state index is 0.0382. The number of thiazole rings is 1. The van der Waals surface area contributed by atoms with Crippen molar-refractivity contribution in [1.29, 1.82) is 0 Å². The molecule has 156 valence electrons. The zero-order valence-corrected chi connectivity index (χ0v) is 18.3. The Kier molecular flexibility index (Phi) is 5.26. The van der Waals surface area contributed by atoms with Crippen LogP contribution in [0.25, 0.3) is 10.2 Å². The molecule has 2 saturated heterocycles. The number of pyridine rings is 1. The molecule has 2 aliphatic heterocycles. The molecule has 0 bridgehead atoms. The average Bonchev–Trinajstić information content (AvgIpc) is 3.51. The molecular formula is C21H22N4O3S2. The van der Waals surface area contributed by atoms with Gasteiger partial charge < -0.3 is 14.5 Å². The summed E-state index contributed by atoms with van der Waals surface area (Å²) in [5, 5.41) is 1.03. The predicted molar refractivity (Wildman–Crippen MR) is 116 cm³/mol. The quantitative estimate of drug-likeness (QED) is 0.623. The van der Waals surface area contributed by atoms with Crippen LogP contribution in [-0.2, 0) is 4.74 Å². The lowest BCUT2D eigenvalue weighted by Gasteiger charge is -2.27. The Morgan fingerprint density at radius 2 is 1.90 bits per heavy atom. The van der Waals surface area contributed by atoms with Crippen LogP contribution in [0, 0.1) is 6.92 Å². The lowest BCUT2D eigenvalue weighted by molar-refractivity contribution is 0.0305. The number of carbonyl (C=O) groups excluding carboxylic acids is 2. The molecule has 9 heteroatoms. The van der Waals surface area contributed by atoms with Crippen LogP contribution in [0.3, 0.4) is 0 Å². The molecule has 3 aromatic rings. The van der Waals surface area contributed by atoms with Crippen molar-refractivity contribution in [1.82, 2.24) is 19.8 Å². The van der Waals surface area contributed by atoms with Gasteiger partial charge in [-0.1, -0.05) is 6.07 Å². The number of aryl methyl sites for hydroxylation is 1. The second kappa shape index (κ2) is 8.05. The summed E-state index contributed by atoms with van der Waals surface area (Å²) in [6, 6.07) is 3.96. The number of carbonyl (C=O) groups is 2. The van der Waals surface area contributed by atoms with Gasteiger partial charge in [-0.3, -0.25) is 9.59 Å². The Labute approximate surface area is 182 Å². The molecule has 0 saturated carbocycles. The molecule has 2 aliphatic rings. The molecule has 0 spiro atoms. The van der Waals surface area contributed by atoms with Gasteiger partial charge in [0.05, 0.1) is 29.3 Å². The van der Waals surface area contributed by atoms with Crippen molar-refractivity contribution in [2.45, 2.75) is 19.3 Å². The zero-order chi connectivity index (χ0) is 20.7. The number of hydrogen-bond acceptors (Lipinski definition) is 7. The average molecular weight is 443 g/mol. The number of ether oxygens (including phenoxy) is 1. The van der Waals surface area contributed by atoms with Crippen molar-refractivity contribution in [3.63, 3.8) is 0 Å². The first-order chi connectivity index (χ1) is 14.6. The second-order valence-electron chi connectivity index (χ2n) is 7.61. The van der Waals surface area contributed by atoms with E-state index in [-0.39, 0.29) is 17.7 Å². The third kappa shape index (κ3) is 3.40. The van der Waals surface area contributed by atoms with Crippen LogP contribution in [0.1, 0.15) is 42.9 Å². The van der Waals surface area contributed by atoms with Crippen molar-refractivity contribution in [3.8, 4) is 0 Å². The van der Waals surface area contributed by atoms with Crippen LogP contribution in [0.15, 0.2) is 23.8 Å². The van der Waals surface area contributed by atoms with Gasteiger partial charge in [-0.25, -0.2) is 9.97 Å². The maximum Gasteiger partial charge on any atom is 0.265 e. The molecule has 0 aliphatic carbocycles. The molecule has 0 aromatic carbocycles. The van der Waals surface area contributed by atoms with E-state index >= 15 is 0 Å². The van der Waals surface area contributed by atoms with Gasteiger partial charge in [-0.15, -0.1) is 22.7 Å². The zero-order valence-electron chi connectivity index (χ0n) is 16.7. The van der Waals surface area contributed by atoms with Crippen LogP contribution in [0.2, 0.25) is 0 Å². The minimum absolute atomic E-state index is 0.0382. The molecule has 2 amide bonds. The van der Waals surface area contributed by atoms with E-state index in [1.807, 2.05) is 28.9 Å². The van der Waals surface area contributed by atoms with E-state index in [1.54, 1.807) is 11.7 Å². The molecule has 5 heterocycles. The van der Waals surface area contributed by atoms with Gasteiger partial charge in [0.25, 0.3) is 11.8 Å². The Morgan fingerprint density at radius 1 is 1.10 bits per heavy atom. The summed E-state index contributed by atoms with van der Waals surface area (Å²) in [7, 11) is 0. The molecular weight excluding hydrogens is 420 g/mol. The van der Waals surface area contributed by atoms with Crippen LogP contribution < -0.4 is 0 Å². The van der Waals surface area contributed by atoms with Crippen molar-refractivity contribution < 1.29 is 14.3 Å². The van der Waals surface area contributed by atoms with Gasteiger partial charge in [0, 0.05) is 43.7 Å². The molecule has 5 rings (SSSR count). The number of amides is 2. The Bertz CT molecular complexity index is 1100. The van der Waals surface area contributed by atoms with Gasteiger partial charge >= 0.3 is 0 Å². The maximum absolute atomic E-state index is 13.4. The smallest absolute Gasteiger partial charge is 0.265 e. The van der Waals surface area contributed by atoms with Crippen LogP contribution >= 0.6 is 22.7 Å². The van der Waals surface area contributed by atoms with E-state index in [0.717, 1.165) is 32.8 Å². The molecule has 3 aromatic heterocycles. The molecule has 30 heavy (non-hydrogen) atoms. The Balaban J connectivity index is 1.47. The number of fused-ring (bicyclic) bond motifs is 1. The standard InChI is InChI=1S/C21H22N4O3S2/c1-13-17(29-12-23-13)20(26)25-6-4-14(11-25)16-15-3-2-5-22-19(15)30-18(16)21(27)24-7-9-28-10-8-24/h2-3,5,12,14H,4,6-11H2,1H3/t14-/m1/s1. The molecule has 0 unspecified atom stereocenters. The van der Waals surface area contributed by atoms with E-state index < -0.39 is 0 Å². The summed E-state index contributed by atoms with van der Waals surface area (Å²) < 4.78 is 5.41. The normalized spacial score (nSPS) is 19.6. The van der Waals surface area contributed by atoms with E-state index in [0.29, 0.717) is 44.3 Å². The van der Waals surface area contributed by atoms with Crippen LogP contribution in [-0.4, -0.2) is 71.0 Å². The highest BCUT2D eigenvalue weighted by molar-refractivity contribution is 7.20. The van der Waals surface area contributed by atoms with Crippen molar-refractivity contribution in [2.24, 2.45) is 0 Å². The molecule has 1 atom stereocenters. The van der Waals surface area contributed by atoms with E-state index in [1.165, 1.54) is 22.7 Å². The monoisotopic (exact) mass is 442 g/mol. The first-order valence-electron chi connectivity index (χ1n) is 10.1. The summed E-state index contributed by atoms with van der Waals surface area (Å²) in [4.78, 5) is 41.2. The third-order valence-corrected chi connectivity index (χ3v) is 7.85. The molecule has 0 radical (unpaired) electrons.